The number of benzene rings is 2. The smallest absolute Gasteiger partial charge is 0.491 e. The van der Waals surface area contributed by atoms with E-state index in [1.807, 2.05) is 0 Å². The zero-order valence-corrected chi connectivity index (χ0v) is 17.0. The second kappa shape index (κ2) is 10.1. The zero-order chi connectivity index (χ0) is 23.2. The lowest BCUT2D eigenvalue weighted by Gasteiger charge is -2.23. The summed E-state index contributed by atoms with van der Waals surface area (Å²) >= 11 is 0. The van der Waals surface area contributed by atoms with Crippen molar-refractivity contribution in [3.8, 4) is 17.2 Å². The topological polar surface area (TPSA) is 94.5 Å². The molecule has 1 unspecified atom stereocenters. The van der Waals surface area contributed by atoms with E-state index < -0.39 is 29.8 Å². The number of alkyl halides is 3. The van der Waals surface area contributed by atoms with Crippen LogP contribution < -0.4 is 14.2 Å². The molecule has 10 heteroatoms. The first-order valence-electron chi connectivity index (χ1n) is 9.92. The van der Waals surface area contributed by atoms with Gasteiger partial charge in [0.05, 0.1) is 0 Å². The van der Waals surface area contributed by atoms with Crippen molar-refractivity contribution < 1.29 is 47.1 Å². The number of aliphatic hydroxyl groups is 1. The maximum atomic E-state index is 12.5. The Balaban J connectivity index is 1.53. The lowest BCUT2D eigenvalue weighted by molar-refractivity contribution is -0.275. The van der Waals surface area contributed by atoms with Gasteiger partial charge in [-0.1, -0.05) is 24.3 Å². The van der Waals surface area contributed by atoms with E-state index in [4.69, 9.17) is 14.2 Å². The summed E-state index contributed by atoms with van der Waals surface area (Å²) in [6.45, 7) is -0.119. The largest absolute Gasteiger partial charge is 0.573 e. The molecule has 32 heavy (non-hydrogen) atoms. The summed E-state index contributed by atoms with van der Waals surface area (Å²) in [6, 6.07) is 12.0. The van der Waals surface area contributed by atoms with Crippen LogP contribution in [-0.2, 0) is 16.0 Å². The van der Waals surface area contributed by atoms with Crippen molar-refractivity contribution in [2.45, 2.75) is 37.3 Å². The normalized spacial score (nSPS) is 19.4. The number of aliphatic carboxylic acids is 1. The summed E-state index contributed by atoms with van der Waals surface area (Å²) in [5, 5.41) is 19.6. The van der Waals surface area contributed by atoms with E-state index in [9.17, 15) is 28.2 Å². The molecule has 0 spiro atoms. The van der Waals surface area contributed by atoms with E-state index in [1.165, 1.54) is 18.2 Å². The van der Waals surface area contributed by atoms with Crippen LogP contribution in [0, 0.1) is 0 Å². The highest BCUT2D eigenvalue weighted by atomic mass is 19.4. The van der Waals surface area contributed by atoms with Gasteiger partial charge < -0.3 is 29.2 Å². The third kappa shape index (κ3) is 6.51. The number of hydrogen-bond acceptors (Lipinski definition) is 6. The van der Waals surface area contributed by atoms with E-state index in [-0.39, 0.29) is 25.4 Å². The van der Waals surface area contributed by atoms with Gasteiger partial charge in [-0.15, -0.1) is 13.2 Å². The van der Waals surface area contributed by atoms with Gasteiger partial charge in [0, 0.05) is 13.0 Å². The Bertz CT molecular complexity index is 910. The van der Waals surface area contributed by atoms with Crippen molar-refractivity contribution in [1.29, 1.82) is 0 Å². The van der Waals surface area contributed by atoms with Gasteiger partial charge in [0.2, 0.25) is 0 Å². The van der Waals surface area contributed by atoms with Gasteiger partial charge >= 0.3 is 12.3 Å². The van der Waals surface area contributed by atoms with Crippen LogP contribution in [0.1, 0.15) is 18.4 Å². The highest BCUT2D eigenvalue weighted by Crippen LogP contribution is 2.32. The van der Waals surface area contributed by atoms with Gasteiger partial charge in [-0.3, -0.25) is 0 Å². The average molecular weight is 456 g/mol. The van der Waals surface area contributed by atoms with Crippen molar-refractivity contribution in [1.82, 2.24) is 0 Å². The van der Waals surface area contributed by atoms with Crippen LogP contribution in [0.15, 0.2) is 48.5 Å². The molecule has 1 heterocycles. The highest BCUT2D eigenvalue weighted by Gasteiger charge is 2.43. The number of carboxylic acids is 1. The van der Waals surface area contributed by atoms with Crippen molar-refractivity contribution in [2.24, 2.45) is 0 Å². The van der Waals surface area contributed by atoms with Crippen molar-refractivity contribution in [3.05, 3.63) is 54.1 Å². The molecule has 0 bridgehead atoms. The number of carboxylic acid groups (broad SMARTS) is 1. The number of halogens is 3. The van der Waals surface area contributed by atoms with Crippen LogP contribution >= 0.6 is 0 Å². The molecule has 3 rings (SSSR count). The fraction of sp³-hybridized carbons (Fsp3) is 0.409. The van der Waals surface area contributed by atoms with E-state index in [0.29, 0.717) is 30.8 Å². The third-order valence-electron chi connectivity index (χ3n) is 4.83. The van der Waals surface area contributed by atoms with Crippen LogP contribution in [0.3, 0.4) is 0 Å². The summed E-state index contributed by atoms with van der Waals surface area (Å²) in [7, 11) is 0. The summed E-state index contributed by atoms with van der Waals surface area (Å²) in [4.78, 5) is 11.6. The monoisotopic (exact) mass is 456 g/mol. The fourth-order valence-corrected chi connectivity index (χ4v) is 3.36. The van der Waals surface area contributed by atoms with Crippen LogP contribution in [0.2, 0.25) is 0 Å². The molecule has 0 aromatic heterocycles. The molecule has 2 aromatic carbocycles. The Kier molecular flexibility index (Phi) is 7.47. The Hall–Kier alpha value is -2.98. The minimum Gasteiger partial charge on any atom is -0.491 e. The molecule has 7 nitrogen and oxygen atoms in total. The molecular formula is C22H23F3O7. The third-order valence-corrected chi connectivity index (χ3v) is 4.83. The second-order valence-electron chi connectivity index (χ2n) is 7.35. The highest BCUT2D eigenvalue weighted by molar-refractivity contribution is 5.78. The van der Waals surface area contributed by atoms with E-state index >= 15 is 0 Å². The first-order chi connectivity index (χ1) is 15.2. The molecule has 1 aliphatic heterocycles. The Morgan fingerprint density at radius 1 is 1.09 bits per heavy atom. The predicted molar refractivity (Wildman–Crippen MR) is 106 cm³/mol. The minimum atomic E-state index is -4.87. The summed E-state index contributed by atoms with van der Waals surface area (Å²) < 4.78 is 57.6. The number of ether oxygens (including phenoxy) is 4. The van der Waals surface area contributed by atoms with Crippen LogP contribution in [0.4, 0.5) is 13.2 Å². The fourth-order valence-electron chi connectivity index (χ4n) is 3.36. The Labute approximate surface area is 182 Å². The van der Waals surface area contributed by atoms with Crippen molar-refractivity contribution in [2.75, 3.05) is 19.8 Å². The molecule has 2 atom stereocenters. The number of para-hydroxylation sites is 2. The number of carbonyl (C=O) groups is 1. The lowest BCUT2D eigenvalue weighted by atomic mass is 9.91. The van der Waals surface area contributed by atoms with Gasteiger partial charge in [-0.2, -0.15) is 0 Å². The first kappa shape index (κ1) is 23.7. The molecule has 2 aromatic rings. The van der Waals surface area contributed by atoms with Crippen molar-refractivity contribution >= 4 is 5.97 Å². The molecule has 2 N–H and O–H groups in total. The number of hydrogen-bond donors (Lipinski definition) is 2. The molecule has 1 saturated heterocycles. The zero-order valence-electron chi connectivity index (χ0n) is 17.0. The van der Waals surface area contributed by atoms with Gasteiger partial charge in [-0.25, -0.2) is 4.79 Å². The minimum absolute atomic E-state index is 0.165. The van der Waals surface area contributed by atoms with Crippen LogP contribution in [0.5, 0.6) is 17.2 Å². The number of aliphatic hydroxyl groups excluding tert-OH is 1. The predicted octanol–water partition coefficient (Wildman–Crippen LogP) is 3.58. The molecule has 1 aliphatic rings. The SMILES string of the molecule is O=C(O)C1(Cc2cccc(OC[C@@H](O)COc3ccccc3OC(F)(F)F)c2)CCCO1. The van der Waals surface area contributed by atoms with E-state index in [1.54, 1.807) is 24.3 Å². The van der Waals surface area contributed by atoms with Crippen LogP contribution in [-0.4, -0.2) is 54.1 Å². The lowest BCUT2D eigenvalue weighted by Crippen LogP contribution is -2.40. The number of rotatable bonds is 10. The Morgan fingerprint density at radius 2 is 1.81 bits per heavy atom. The quantitative estimate of drug-likeness (QED) is 0.564. The van der Waals surface area contributed by atoms with Gasteiger partial charge in [-0.05, 0) is 42.7 Å². The molecule has 174 valence electrons. The average Bonchev–Trinajstić information content (AvgIpc) is 3.21. The van der Waals surface area contributed by atoms with Gasteiger partial charge in [0.25, 0.3) is 0 Å². The summed E-state index contributed by atoms with van der Waals surface area (Å²) in [5.41, 5.74) is -0.548. The molecule has 0 radical (unpaired) electrons. The van der Waals surface area contributed by atoms with E-state index in [2.05, 4.69) is 4.74 Å². The first-order valence-corrected chi connectivity index (χ1v) is 9.92. The molecule has 0 aliphatic carbocycles. The molecule has 0 saturated carbocycles. The summed E-state index contributed by atoms with van der Waals surface area (Å²) in [6.07, 6.45) is -4.73. The standard InChI is InChI=1S/C22H23F3O7/c23-22(24,25)32-19-8-2-1-7-18(19)30-14-16(26)13-29-17-6-3-5-15(11-17)12-21(20(27)28)9-4-10-31-21/h1-3,5-8,11,16,26H,4,9-10,12-14H2,(H,27,28)/t16-,21?/m1/s1. The van der Waals surface area contributed by atoms with Crippen LogP contribution in [0.25, 0.3) is 0 Å². The summed E-state index contributed by atoms with van der Waals surface area (Å²) in [5.74, 6) is -1.28. The molecule has 1 fully saturated rings. The van der Waals surface area contributed by atoms with Gasteiger partial charge in [0.1, 0.15) is 25.1 Å². The van der Waals surface area contributed by atoms with Gasteiger partial charge in [0.15, 0.2) is 17.1 Å². The second-order valence-corrected chi connectivity index (χ2v) is 7.35. The van der Waals surface area contributed by atoms with Crippen molar-refractivity contribution in [3.63, 3.8) is 0 Å². The van der Waals surface area contributed by atoms with E-state index in [0.717, 1.165) is 6.07 Å². The molecular weight excluding hydrogens is 433 g/mol. The maximum Gasteiger partial charge on any atom is 0.573 e. The Morgan fingerprint density at radius 3 is 2.47 bits per heavy atom. The molecule has 0 amide bonds. The maximum absolute atomic E-state index is 12.5.